The van der Waals surface area contributed by atoms with Crippen molar-refractivity contribution in [2.45, 2.75) is 26.8 Å². The Morgan fingerprint density at radius 1 is 0.971 bits per heavy atom. The summed E-state index contributed by atoms with van der Waals surface area (Å²) in [6.45, 7) is 6.56. The highest BCUT2D eigenvalue weighted by molar-refractivity contribution is 6.51. The zero-order valence-corrected chi connectivity index (χ0v) is 19.3. The number of aryl methyl sites for hydroxylation is 1. The van der Waals surface area contributed by atoms with E-state index in [9.17, 15) is 19.1 Å². The van der Waals surface area contributed by atoms with Gasteiger partial charge in [0.1, 0.15) is 17.3 Å². The van der Waals surface area contributed by atoms with E-state index in [0.29, 0.717) is 35.1 Å². The van der Waals surface area contributed by atoms with Crippen molar-refractivity contribution in [2.75, 3.05) is 11.5 Å². The Balaban J connectivity index is 1.81. The smallest absolute Gasteiger partial charge is 0.300 e. The second kappa shape index (κ2) is 9.51. The number of aliphatic hydroxyl groups excluding tert-OH is 1. The lowest BCUT2D eigenvalue weighted by atomic mass is 9.95. The Morgan fingerprint density at radius 3 is 2.18 bits per heavy atom. The van der Waals surface area contributed by atoms with Crippen LogP contribution in [0.4, 0.5) is 10.1 Å². The van der Waals surface area contributed by atoms with Crippen molar-refractivity contribution in [2.24, 2.45) is 5.92 Å². The first-order chi connectivity index (χ1) is 16.3. The average Bonchev–Trinajstić information content (AvgIpc) is 3.09. The summed E-state index contributed by atoms with van der Waals surface area (Å²) in [6.07, 6.45) is 0. The van der Waals surface area contributed by atoms with Crippen LogP contribution in [0, 0.1) is 18.7 Å². The lowest BCUT2D eigenvalue weighted by Crippen LogP contribution is -2.29. The summed E-state index contributed by atoms with van der Waals surface area (Å²) in [7, 11) is 0. The minimum Gasteiger partial charge on any atom is -0.507 e. The number of Topliss-reactive ketones (excluding diaryl/α,β-unsaturated/α-hetero) is 1. The molecular weight excluding hydrogens is 433 g/mol. The van der Waals surface area contributed by atoms with Gasteiger partial charge in [-0.15, -0.1) is 0 Å². The fourth-order valence-electron chi connectivity index (χ4n) is 3.89. The summed E-state index contributed by atoms with van der Waals surface area (Å²) in [5.74, 6) is -1.28. The van der Waals surface area contributed by atoms with Gasteiger partial charge in [-0.2, -0.15) is 0 Å². The van der Waals surface area contributed by atoms with Crippen molar-refractivity contribution in [1.82, 2.24) is 0 Å². The molecule has 174 valence electrons. The molecule has 3 aromatic rings. The largest absolute Gasteiger partial charge is 0.507 e. The first kappa shape index (κ1) is 23.2. The maximum atomic E-state index is 13.6. The van der Waals surface area contributed by atoms with Crippen molar-refractivity contribution in [3.05, 3.63) is 101 Å². The van der Waals surface area contributed by atoms with Crippen molar-refractivity contribution in [3.8, 4) is 5.75 Å². The summed E-state index contributed by atoms with van der Waals surface area (Å²) < 4.78 is 19.3. The van der Waals surface area contributed by atoms with E-state index in [2.05, 4.69) is 0 Å². The van der Waals surface area contributed by atoms with Gasteiger partial charge in [-0.25, -0.2) is 4.39 Å². The minimum atomic E-state index is -0.903. The van der Waals surface area contributed by atoms with E-state index < -0.39 is 23.5 Å². The number of carbonyl (C=O) groups excluding carboxylic acids is 2. The van der Waals surface area contributed by atoms with Gasteiger partial charge >= 0.3 is 0 Å². The van der Waals surface area contributed by atoms with Crippen LogP contribution >= 0.6 is 0 Å². The highest BCUT2D eigenvalue weighted by atomic mass is 19.1. The van der Waals surface area contributed by atoms with Gasteiger partial charge in [0.15, 0.2) is 0 Å². The van der Waals surface area contributed by atoms with Crippen LogP contribution in [0.1, 0.15) is 36.6 Å². The fraction of sp³-hybridized carbons (Fsp3) is 0.214. The second-order valence-electron chi connectivity index (χ2n) is 8.79. The van der Waals surface area contributed by atoms with Gasteiger partial charge in [0.25, 0.3) is 11.7 Å². The number of aliphatic hydroxyl groups is 1. The van der Waals surface area contributed by atoms with E-state index in [1.807, 2.05) is 32.9 Å². The van der Waals surface area contributed by atoms with E-state index in [4.69, 9.17) is 4.74 Å². The molecule has 1 heterocycles. The fourth-order valence-corrected chi connectivity index (χ4v) is 3.89. The molecule has 1 unspecified atom stereocenters. The van der Waals surface area contributed by atoms with Gasteiger partial charge in [0.05, 0.1) is 18.2 Å². The molecule has 1 aliphatic heterocycles. The zero-order chi connectivity index (χ0) is 24.4. The van der Waals surface area contributed by atoms with E-state index in [1.54, 1.807) is 36.4 Å². The number of ether oxygens (including phenoxy) is 1. The summed E-state index contributed by atoms with van der Waals surface area (Å²) >= 11 is 0. The molecule has 1 fully saturated rings. The number of benzene rings is 3. The minimum absolute atomic E-state index is 0.0481. The molecule has 1 saturated heterocycles. The molecule has 3 aromatic carbocycles. The van der Waals surface area contributed by atoms with Crippen LogP contribution in [0.25, 0.3) is 5.76 Å². The number of hydrogen-bond donors (Lipinski definition) is 1. The van der Waals surface area contributed by atoms with Crippen LogP contribution in [-0.2, 0) is 9.59 Å². The highest BCUT2D eigenvalue weighted by Crippen LogP contribution is 2.42. The Bertz CT molecular complexity index is 1230. The monoisotopic (exact) mass is 459 g/mol. The molecule has 5 nitrogen and oxygen atoms in total. The summed E-state index contributed by atoms with van der Waals surface area (Å²) in [4.78, 5) is 27.6. The molecule has 0 aromatic heterocycles. The molecule has 0 radical (unpaired) electrons. The number of anilines is 1. The molecular formula is C28H26FNO4. The van der Waals surface area contributed by atoms with E-state index >= 15 is 0 Å². The molecule has 1 amide bonds. The van der Waals surface area contributed by atoms with E-state index in [1.165, 1.54) is 29.2 Å². The van der Waals surface area contributed by atoms with Crippen LogP contribution in [0.3, 0.4) is 0 Å². The number of amides is 1. The number of ketones is 1. The number of carbonyl (C=O) groups is 2. The predicted octanol–water partition coefficient (Wildman–Crippen LogP) is 5.80. The lowest BCUT2D eigenvalue weighted by molar-refractivity contribution is -0.132. The van der Waals surface area contributed by atoms with Crippen LogP contribution in [-0.4, -0.2) is 23.4 Å². The van der Waals surface area contributed by atoms with Gasteiger partial charge in [0.2, 0.25) is 0 Å². The standard InChI is InChI=1S/C28H26FNO4/c1-17(2)16-34-23-14-8-20(9-15-23)26(31)24-25(19-6-10-21(29)11-7-19)30(28(33)27(24)32)22-12-4-18(3)5-13-22/h4-15,17,25,31H,16H2,1-3H3/b26-24+. The molecule has 4 rings (SSSR count). The van der Waals surface area contributed by atoms with Crippen LogP contribution in [0.15, 0.2) is 78.4 Å². The summed E-state index contributed by atoms with van der Waals surface area (Å²) in [5.41, 5.74) is 2.36. The molecule has 1 atom stereocenters. The third-order valence-electron chi connectivity index (χ3n) is 5.65. The Kier molecular flexibility index (Phi) is 6.50. The Hall–Kier alpha value is -3.93. The maximum absolute atomic E-state index is 13.6. The van der Waals surface area contributed by atoms with E-state index in [0.717, 1.165) is 5.56 Å². The summed E-state index contributed by atoms with van der Waals surface area (Å²) in [6, 6.07) is 18.6. The van der Waals surface area contributed by atoms with Crippen LogP contribution < -0.4 is 9.64 Å². The van der Waals surface area contributed by atoms with Crippen molar-refractivity contribution in [1.29, 1.82) is 0 Å². The predicted molar refractivity (Wildman–Crippen MR) is 129 cm³/mol. The quantitative estimate of drug-likeness (QED) is 0.288. The lowest BCUT2D eigenvalue weighted by Gasteiger charge is -2.25. The molecule has 6 heteroatoms. The van der Waals surface area contributed by atoms with Crippen LogP contribution in [0.2, 0.25) is 0 Å². The first-order valence-electron chi connectivity index (χ1n) is 11.1. The molecule has 0 spiro atoms. The normalized spacial score (nSPS) is 17.4. The Labute approximate surface area is 198 Å². The SMILES string of the molecule is Cc1ccc(N2C(=O)C(=O)/C(=C(/O)c3ccc(OCC(C)C)cc3)C2c2ccc(F)cc2)cc1. The number of nitrogens with zero attached hydrogens (tertiary/aromatic N) is 1. The van der Waals surface area contributed by atoms with Gasteiger partial charge in [-0.1, -0.05) is 43.7 Å². The zero-order valence-electron chi connectivity index (χ0n) is 19.3. The van der Waals surface area contributed by atoms with Crippen molar-refractivity contribution >= 4 is 23.1 Å². The van der Waals surface area contributed by atoms with Gasteiger partial charge in [-0.3, -0.25) is 14.5 Å². The third-order valence-corrected chi connectivity index (χ3v) is 5.65. The molecule has 1 N–H and O–H groups in total. The number of halogens is 1. The second-order valence-corrected chi connectivity index (χ2v) is 8.79. The number of hydrogen-bond acceptors (Lipinski definition) is 4. The maximum Gasteiger partial charge on any atom is 0.300 e. The van der Waals surface area contributed by atoms with Gasteiger partial charge < -0.3 is 9.84 Å². The van der Waals surface area contributed by atoms with Crippen molar-refractivity contribution in [3.63, 3.8) is 0 Å². The average molecular weight is 460 g/mol. The molecule has 0 saturated carbocycles. The highest BCUT2D eigenvalue weighted by Gasteiger charge is 2.46. The first-order valence-corrected chi connectivity index (χ1v) is 11.1. The van der Waals surface area contributed by atoms with Gasteiger partial charge in [0, 0.05) is 11.3 Å². The molecule has 0 aliphatic carbocycles. The molecule has 1 aliphatic rings. The summed E-state index contributed by atoms with van der Waals surface area (Å²) in [5, 5.41) is 11.2. The van der Waals surface area contributed by atoms with Crippen molar-refractivity contribution < 1.29 is 23.8 Å². The molecule has 34 heavy (non-hydrogen) atoms. The molecule has 0 bridgehead atoms. The van der Waals surface area contributed by atoms with Gasteiger partial charge in [-0.05, 0) is 66.9 Å². The number of rotatable bonds is 6. The third kappa shape index (κ3) is 4.57. The van der Waals surface area contributed by atoms with Crippen LogP contribution in [0.5, 0.6) is 5.75 Å². The van der Waals surface area contributed by atoms with E-state index in [-0.39, 0.29) is 11.3 Å². The Morgan fingerprint density at radius 2 is 1.59 bits per heavy atom. The topological polar surface area (TPSA) is 66.8 Å².